The number of nitrogens with zero attached hydrogens (tertiary/aromatic N) is 3. The number of thioether (sulfide) groups is 1. The van der Waals surface area contributed by atoms with Gasteiger partial charge in [-0.05, 0) is 44.2 Å². The van der Waals surface area contributed by atoms with Crippen molar-refractivity contribution < 1.29 is 0 Å². The Morgan fingerprint density at radius 3 is 2.62 bits per heavy atom. The summed E-state index contributed by atoms with van der Waals surface area (Å²) in [6, 6.07) is 8.73. The van der Waals surface area contributed by atoms with Gasteiger partial charge in [0.1, 0.15) is 0 Å². The lowest BCUT2D eigenvalue weighted by molar-refractivity contribution is 0.476. The lowest BCUT2D eigenvalue weighted by Crippen LogP contribution is -2.38. The molecule has 1 N–H and O–H groups in total. The molecule has 4 nitrogen and oxygen atoms in total. The first-order valence-corrected chi connectivity index (χ1v) is 10.8. The van der Waals surface area contributed by atoms with Crippen LogP contribution in [0.3, 0.4) is 0 Å². The number of guanidine groups is 1. The fourth-order valence-corrected chi connectivity index (χ4v) is 3.71. The van der Waals surface area contributed by atoms with E-state index in [0.29, 0.717) is 0 Å². The predicted octanol–water partition coefficient (Wildman–Crippen LogP) is 4.82. The number of thiazole rings is 1. The van der Waals surface area contributed by atoms with Gasteiger partial charge in [-0.25, -0.2) is 4.98 Å². The van der Waals surface area contributed by atoms with Crippen molar-refractivity contribution in [2.75, 3.05) is 26.4 Å². The fraction of sp³-hybridized carbons (Fsp3) is 0.474. The quantitative estimate of drug-likeness (QED) is 0.184. The van der Waals surface area contributed by atoms with Crippen molar-refractivity contribution in [3.63, 3.8) is 0 Å². The first-order chi connectivity index (χ1) is 12.1. The zero-order valence-electron chi connectivity index (χ0n) is 16.0. The van der Waals surface area contributed by atoms with E-state index in [-0.39, 0.29) is 24.0 Å². The van der Waals surface area contributed by atoms with Crippen LogP contribution in [0, 0.1) is 6.92 Å². The Balaban J connectivity index is 0.00000338. The van der Waals surface area contributed by atoms with Crippen molar-refractivity contribution in [1.82, 2.24) is 15.2 Å². The van der Waals surface area contributed by atoms with Crippen molar-refractivity contribution in [2.45, 2.75) is 38.1 Å². The summed E-state index contributed by atoms with van der Waals surface area (Å²) >= 11 is 3.51. The number of hydrogen-bond donors (Lipinski definition) is 1. The van der Waals surface area contributed by atoms with Crippen LogP contribution in [0.2, 0.25) is 0 Å². The molecule has 0 bridgehead atoms. The van der Waals surface area contributed by atoms with Crippen molar-refractivity contribution in [2.24, 2.45) is 4.99 Å². The maximum Gasteiger partial charge on any atom is 0.193 e. The molecule has 7 heteroatoms. The Hall–Kier alpha value is -0.800. The van der Waals surface area contributed by atoms with Gasteiger partial charge < -0.3 is 10.2 Å². The zero-order valence-corrected chi connectivity index (χ0v) is 20.0. The molecule has 2 rings (SSSR count). The predicted molar refractivity (Wildman–Crippen MR) is 126 cm³/mol. The number of aryl methyl sites for hydroxylation is 2. The van der Waals surface area contributed by atoms with Crippen LogP contribution in [-0.2, 0) is 13.0 Å². The molecule has 0 fully saturated rings. The van der Waals surface area contributed by atoms with Crippen LogP contribution in [0.5, 0.6) is 0 Å². The summed E-state index contributed by atoms with van der Waals surface area (Å²) in [4.78, 5) is 12.8. The van der Waals surface area contributed by atoms with E-state index < -0.39 is 0 Å². The van der Waals surface area contributed by atoms with Crippen molar-refractivity contribution in [1.29, 1.82) is 0 Å². The van der Waals surface area contributed by atoms with Crippen LogP contribution in [-0.4, -0.2) is 42.2 Å². The molecule has 26 heavy (non-hydrogen) atoms. The van der Waals surface area contributed by atoms with Gasteiger partial charge in [-0.2, -0.15) is 0 Å². The molecule has 1 heterocycles. The summed E-state index contributed by atoms with van der Waals surface area (Å²) in [6.07, 6.45) is 4.13. The monoisotopic (exact) mass is 504 g/mol. The molecule has 0 aliphatic rings. The lowest BCUT2D eigenvalue weighted by Gasteiger charge is -2.22. The Kier molecular flexibility index (Phi) is 11.2. The number of aliphatic imine (C=N–C) groups is 1. The Morgan fingerprint density at radius 1 is 1.31 bits per heavy atom. The van der Waals surface area contributed by atoms with E-state index in [0.717, 1.165) is 44.1 Å². The summed E-state index contributed by atoms with van der Waals surface area (Å²) in [7, 11) is 2.09. The number of nitrogens with one attached hydrogen (secondary N) is 1. The van der Waals surface area contributed by atoms with E-state index in [1.807, 2.05) is 6.92 Å². The summed E-state index contributed by atoms with van der Waals surface area (Å²) in [6.45, 7) is 6.69. The highest BCUT2D eigenvalue weighted by Gasteiger charge is 2.07. The second-order valence-corrected chi connectivity index (χ2v) is 7.75. The van der Waals surface area contributed by atoms with Crippen molar-refractivity contribution >= 4 is 53.0 Å². The first kappa shape index (κ1) is 23.2. The molecule has 0 saturated heterocycles. The van der Waals surface area contributed by atoms with E-state index >= 15 is 0 Å². The molecule has 0 atom stereocenters. The van der Waals surface area contributed by atoms with E-state index in [9.17, 15) is 0 Å². The van der Waals surface area contributed by atoms with E-state index in [1.165, 1.54) is 15.5 Å². The maximum atomic E-state index is 4.77. The summed E-state index contributed by atoms with van der Waals surface area (Å²) in [5.74, 6) is 0.965. The van der Waals surface area contributed by atoms with Crippen LogP contribution in [0.25, 0.3) is 0 Å². The van der Waals surface area contributed by atoms with Crippen LogP contribution >= 0.6 is 47.1 Å². The molecule has 0 aliphatic carbocycles. The number of halogens is 1. The highest BCUT2D eigenvalue weighted by molar-refractivity contribution is 14.0. The molecule has 2 aromatic rings. The van der Waals surface area contributed by atoms with E-state index in [1.54, 1.807) is 23.1 Å². The van der Waals surface area contributed by atoms with Gasteiger partial charge in [0, 0.05) is 49.1 Å². The van der Waals surface area contributed by atoms with Crippen LogP contribution in [0.4, 0.5) is 0 Å². The Bertz CT molecular complexity index is 670. The molecule has 144 valence electrons. The smallest absolute Gasteiger partial charge is 0.193 e. The largest absolute Gasteiger partial charge is 0.357 e. The van der Waals surface area contributed by atoms with Gasteiger partial charge in [-0.15, -0.1) is 47.1 Å². The molecule has 0 radical (unpaired) electrons. The molecule has 0 unspecified atom stereocenters. The first-order valence-electron chi connectivity index (χ1n) is 8.65. The van der Waals surface area contributed by atoms with Gasteiger partial charge in [0.05, 0.1) is 5.01 Å². The van der Waals surface area contributed by atoms with Gasteiger partial charge in [0.25, 0.3) is 0 Å². The Labute approximate surface area is 182 Å². The fourth-order valence-electron chi connectivity index (χ4n) is 2.48. The number of aromatic nitrogens is 1. The Morgan fingerprint density at radius 2 is 2.04 bits per heavy atom. The number of benzene rings is 1. The third-order valence-electron chi connectivity index (χ3n) is 3.75. The standard InChI is InChI=1S/C19H28N4S2.HI/c1-5-20-19(21-12-6-7-18-22-15(2)14-25-18)23(3)13-16-8-10-17(24-4)11-9-16;/h8-11,14H,5-7,12-13H2,1-4H3,(H,20,21);1H. The third-order valence-corrected chi connectivity index (χ3v) is 5.52. The highest BCUT2D eigenvalue weighted by Crippen LogP contribution is 2.15. The van der Waals surface area contributed by atoms with Gasteiger partial charge in [0.15, 0.2) is 5.96 Å². The van der Waals surface area contributed by atoms with E-state index in [2.05, 4.69) is 65.1 Å². The minimum Gasteiger partial charge on any atom is -0.357 e. The average molecular weight is 505 g/mol. The molecule has 0 amide bonds. The minimum absolute atomic E-state index is 0. The topological polar surface area (TPSA) is 40.5 Å². The van der Waals surface area contributed by atoms with Crippen LogP contribution in [0.15, 0.2) is 39.5 Å². The number of rotatable bonds is 8. The summed E-state index contributed by atoms with van der Waals surface area (Å²) in [5, 5.41) is 6.70. The van der Waals surface area contributed by atoms with Gasteiger partial charge in [0.2, 0.25) is 0 Å². The lowest BCUT2D eigenvalue weighted by atomic mass is 10.2. The average Bonchev–Trinajstić information content (AvgIpc) is 3.03. The molecular weight excluding hydrogens is 475 g/mol. The molecule has 1 aromatic heterocycles. The summed E-state index contributed by atoms with van der Waals surface area (Å²) < 4.78 is 0. The van der Waals surface area contributed by atoms with E-state index in [4.69, 9.17) is 4.99 Å². The van der Waals surface area contributed by atoms with Crippen LogP contribution < -0.4 is 5.32 Å². The normalized spacial score (nSPS) is 11.2. The zero-order chi connectivity index (χ0) is 18.1. The SMILES string of the molecule is CCNC(=NCCCc1nc(C)cs1)N(C)Cc1ccc(SC)cc1.I. The molecule has 0 aliphatic heterocycles. The highest BCUT2D eigenvalue weighted by atomic mass is 127. The molecule has 0 spiro atoms. The second-order valence-electron chi connectivity index (χ2n) is 5.93. The van der Waals surface area contributed by atoms with Crippen molar-refractivity contribution in [3.05, 3.63) is 45.9 Å². The van der Waals surface area contributed by atoms with Gasteiger partial charge in [-0.1, -0.05) is 12.1 Å². The van der Waals surface area contributed by atoms with Gasteiger partial charge >= 0.3 is 0 Å². The summed E-state index contributed by atoms with van der Waals surface area (Å²) in [5.41, 5.74) is 2.41. The van der Waals surface area contributed by atoms with Crippen molar-refractivity contribution in [3.8, 4) is 0 Å². The molecule has 0 saturated carbocycles. The second kappa shape index (κ2) is 12.6. The molecule has 1 aromatic carbocycles. The minimum atomic E-state index is 0. The van der Waals surface area contributed by atoms with Gasteiger partial charge in [-0.3, -0.25) is 4.99 Å². The third kappa shape index (κ3) is 7.84. The maximum absolute atomic E-state index is 4.77. The number of hydrogen-bond acceptors (Lipinski definition) is 4. The molecular formula is C19H29IN4S2. The van der Waals surface area contributed by atoms with Crippen LogP contribution in [0.1, 0.15) is 29.6 Å².